The van der Waals surface area contributed by atoms with Gasteiger partial charge in [0.05, 0.1) is 35.4 Å². The fourth-order valence-electron chi connectivity index (χ4n) is 6.81. The molecular formula is C34H40Cl2N6O2. The van der Waals surface area contributed by atoms with Crippen LogP contribution in [-0.2, 0) is 5.41 Å². The van der Waals surface area contributed by atoms with Crippen molar-refractivity contribution in [1.29, 1.82) is 0 Å². The summed E-state index contributed by atoms with van der Waals surface area (Å²) in [6.45, 7) is 2.91. The van der Waals surface area contributed by atoms with Gasteiger partial charge in [-0.1, -0.05) is 60.2 Å². The van der Waals surface area contributed by atoms with Crippen LogP contribution in [-0.4, -0.2) is 79.0 Å². The molecule has 0 saturated carbocycles. The SMILES string of the molecule is CN1CC[C@H](NCCO)c2ccc(C3(c4ccc5c(n4)N(C)CC[C@@H]5NCCO)C=CC=C(c4ccccc4Cl)C3Cl)nc21. The zero-order valence-electron chi connectivity index (χ0n) is 25.2. The molecule has 0 fully saturated rings. The van der Waals surface area contributed by atoms with Crippen molar-refractivity contribution in [2.75, 3.05) is 63.3 Å². The van der Waals surface area contributed by atoms with Crippen molar-refractivity contribution in [3.05, 3.63) is 99.9 Å². The van der Waals surface area contributed by atoms with Gasteiger partial charge in [0.25, 0.3) is 0 Å². The number of anilines is 2. The van der Waals surface area contributed by atoms with E-state index in [1.54, 1.807) is 0 Å². The van der Waals surface area contributed by atoms with Gasteiger partial charge in [0.2, 0.25) is 0 Å². The maximum absolute atomic E-state index is 9.45. The van der Waals surface area contributed by atoms with Crippen LogP contribution in [0.2, 0.25) is 5.02 Å². The Labute approximate surface area is 269 Å². The van der Waals surface area contributed by atoms with E-state index in [0.29, 0.717) is 18.1 Å². The second kappa shape index (κ2) is 13.2. The lowest BCUT2D eigenvalue weighted by atomic mass is 9.70. The Morgan fingerprint density at radius 1 is 0.841 bits per heavy atom. The monoisotopic (exact) mass is 634 g/mol. The number of pyridine rings is 2. The molecular weight excluding hydrogens is 595 g/mol. The summed E-state index contributed by atoms with van der Waals surface area (Å²) in [5.74, 6) is 1.80. The first-order valence-corrected chi connectivity index (χ1v) is 16.1. The fourth-order valence-corrected chi connectivity index (χ4v) is 7.54. The standard InChI is InChI=1S/C34H40Cl2N6O2/c1-41-18-13-27(37-16-20-43)24-9-11-29(39-32(24)41)34(15-5-7-23(31(34)36)22-6-3-4-8-26(22)35)30-12-10-25-28(38-17-21-44)14-19-42(2)33(25)40-30/h3-12,15,27-28,31,37-38,43-44H,13-14,16-21H2,1-2H3/t27-,28-,31?/m0/s1. The number of benzene rings is 1. The van der Waals surface area contributed by atoms with Crippen LogP contribution in [0.15, 0.2) is 66.8 Å². The molecule has 44 heavy (non-hydrogen) atoms. The lowest BCUT2D eigenvalue weighted by Gasteiger charge is -2.41. The van der Waals surface area contributed by atoms with E-state index in [9.17, 15) is 10.2 Å². The predicted molar refractivity (Wildman–Crippen MR) is 179 cm³/mol. The number of aliphatic hydroxyl groups is 2. The minimum atomic E-state index is -0.895. The summed E-state index contributed by atoms with van der Waals surface area (Å²) in [7, 11) is 4.14. The number of aliphatic hydroxyl groups excluding tert-OH is 2. The van der Waals surface area contributed by atoms with Crippen LogP contribution >= 0.6 is 23.2 Å². The van der Waals surface area contributed by atoms with Gasteiger partial charge in [0.15, 0.2) is 0 Å². The molecule has 1 unspecified atom stereocenters. The highest BCUT2D eigenvalue weighted by atomic mass is 35.5. The van der Waals surface area contributed by atoms with Crippen LogP contribution in [0.5, 0.6) is 0 Å². The van der Waals surface area contributed by atoms with Gasteiger partial charge in [-0.15, -0.1) is 11.6 Å². The lowest BCUT2D eigenvalue weighted by Crippen LogP contribution is -2.42. The first-order chi connectivity index (χ1) is 21.4. The molecule has 0 amide bonds. The first kappa shape index (κ1) is 31.0. The highest BCUT2D eigenvalue weighted by Gasteiger charge is 2.47. The van der Waals surface area contributed by atoms with E-state index in [1.807, 2.05) is 36.4 Å². The number of hydrogen-bond acceptors (Lipinski definition) is 8. The summed E-state index contributed by atoms with van der Waals surface area (Å²) in [4.78, 5) is 15.1. The van der Waals surface area contributed by atoms with Gasteiger partial charge in [-0.2, -0.15) is 0 Å². The third-order valence-corrected chi connectivity index (χ3v) is 10.0. The Balaban J connectivity index is 1.52. The number of nitrogens with zero attached hydrogens (tertiary/aromatic N) is 4. The number of halogens is 2. The maximum atomic E-state index is 9.45. The molecule has 232 valence electrons. The van der Waals surface area contributed by atoms with Crippen molar-refractivity contribution in [2.24, 2.45) is 0 Å². The quantitative estimate of drug-likeness (QED) is 0.254. The number of rotatable bonds is 9. The summed E-state index contributed by atoms with van der Waals surface area (Å²) >= 11 is 14.4. The Bertz CT molecular complexity index is 1490. The third-order valence-electron chi connectivity index (χ3n) is 9.14. The van der Waals surface area contributed by atoms with Crippen LogP contribution in [0.3, 0.4) is 0 Å². The van der Waals surface area contributed by atoms with Crippen molar-refractivity contribution in [3.63, 3.8) is 0 Å². The average Bonchev–Trinajstić information content (AvgIpc) is 3.05. The van der Waals surface area contributed by atoms with Crippen molar-refractivity contribution in [2.45, 2.75) is 35.7 Å². The molecule has 4 heterocycles. The Kier molecular flexibility index (Phi) is 9.29. The summed E-state index contributed by atoms with van der Waals surface area (Å²) in [5, 5.41) is 25.9. The molecule has 0 radical (unpaired) electrons. The van der Waals surface area contributed by atoms with E-state index in [1.165, 1.54) is 0 Å². The minimum absolute atomic E-state index is 0.0843. The number of nitrogens with one attached hydrogen (secondary N) is 2. The van der Waals surface area contributed by atoms with Gasteiger partial charge in [0.1, 0.15) is 11.6 Å². The summed E-state index contributed by atoms with van der Waals surface area (Å²) < 4.78 is 0. The molecule has 3 aliphatic rings. The van der Waals surface area contributed by atoms with Crippen LogP contribution in [0.1, 0.15) is 53.0 Å². The van der Waals surface area contributed by atoms with E-state index >= 15 is 0 Å². The normalized spacial score (nSPS) is 22.4. The molecule has 0 saturated heterocycles. The smallest absolute Gasteiger partial charge is 0.133 e. The number of hydrogen-bond donors (Lipinski definition) is 4. The molecule has 3 aromatic rings. The van der Waals surface area contributed by atoms with E-state index in [-0.39, 0.29) is 25.3 Å². The van der Waals surface area contributed by atoms with Crippen LogP contribution in [0.4, 0.5) is 11.6 Å². The van der Waals surface area contributed by atoms with Gasteiger partial charge in [-0.3, -0.25) is 0 Å². The highest BCUT2D eigenvalue weighted by molar-refractivity contribution is 6.34. The Morgan fingerprint density at radius 2 is 1.39 bits per heavy atom. The van der Waals surface area contributed by atoms with Gasteiger partial charge in [-0.05, 0) is 42.2 Å². The van der Waals surface area contributed by atoms with Crippen LogP contribution in [0, 0.1) is 0 Å². The molecule has 8 nitrogen and oxygen atoms in total. The zero-order chi connectivity index (χ0) is 30.8. The number of aromatic nitrogens is 2. The predicted octanol–water partition coefficient (Wildman–Crippen LogP) is 4.60. The van der Waals surface area contributed by atoms with Crippen LogP contribution < -0.4 is 20.4 Å². The lowest BCUT2D eigenvalue weighted by molar-refractivity contribution is 0.281. The van der Waals surface area contributed by atoms with Gasteiger partial charge >= 0.3 is 0 Å². The van der Waals surface area contributed by atoms with Crippen molar-refractivity contribution < 1.29 is 10.2 Å². The molecule has 0 bridgehead atoms. The summed E-state index contributed by atoms with van der Waals surface area (Å²) in [6, 6.07) is 16.5. The summed E-state index contributed by atoms with van der Waals surface area (Å²) in [6.07, 6.45) is 8.07. The Hall–Kier alpha value is -2.98. The number of fused-ring (bicyclic) bond motifs is 2. The topological polar surface area (TPSA) is 96.8 Å². The molecule has 1 aliphatic carbocycles. The molecule has 2 aliphatic heterocycles. The van der Waals surface area contributed by atoms with Crippen molar-refractivity contribution >= 4 is 40.4 Å². The molecule has 2 aromatic heterocycles. The molecule has 3 atom stereocenters. The minimum Gasteiger partial charge on any atom is -0.395 e. The summed E-state index contributed by atoms with van der Waals surface area (Å²) in [5.41, 5.74) is 4.72. The average molecular weight is 636 g/mol. The molecule has 6 rings (SSSR count). The molecule has 4 N–H and O–H groups in total. The van der Waals surface area contributed by atoms with Gasteiger partial charge in [-0.25, -0.2) is 9.97 Å². The Morgan fingerprint density at radius 3 is 1.91 bits per heavy atom. The first-order valence-electron chi connectivity index (χ1n) is 15.3. The third kappa shape index (κ3) is 5.53. The number of alkyl halides is 1. The van der Waals surface area contributed by atoms with E-state index in [4.69, 9.17) is 33.2 Å². The van der Waals surface area contributed by atoms with E-state index in [2.05, 4.69) is 64.9 Å². The largest absolute Gasteiger partial charge is 0.395 e. The molecule has 0 spiro atoms. The van der Waals surface area contributed by atoms with E-state index in [0.717, 1.165) is 71.2 Å². The van der Waals surface area contributed by atoms with Gasteiger partial charge in [0, 0.05) is 68.5 Å². The number of allylic oxidation sites excluding steroid dienone is 4. The van der Waals surface area contributed by atoms with Crippen LogP contribution in [0.25, 0.3) is 5.57 Å². The zero-order valence-corrected chi connectivity index (χ0v) is 26.7. The fraction of sp³-hybridized carbons (Fsp3) is 0.412. The van der Waals surface area contributed by atoms with Gasteiger partial charge < -0.3 is 30.6 Å². The molecule has 10 heteroatoms. The van der Waals surface area contributed by atoms with Crippen molar-refractivity contribution in [1.82, 2.24) is 20.6 Å². The van der Waals surface area contributed by atoms with E-state index < -0.39 is 10.8 Å². The highest BCUT2D eigenvalue weighted by Crippen LogP contribution is 2.49. The van der Waals surface area contributed by atoms with Crippen molar-refractivity contribution in [3.8, 4) is 0 Å². The molecule has 1 aromatic carbocycles. The second-order valence-electron chi connectivity index (χ2n) is 11.8. The maximum Gasteiger partial charge on any atom is 0.133 e. The second-order valence-corrected chi connectivity index (χ2v) is 12.6.